The second-order valence-electron chi connectivity index (χ2n) is 0.964. The molecule has 0 amide bonds. The molecular weight excluding hydrogens is 80.0 g/mol. The van der Waals surface area contributed by atoms with E-state index in [9.17, 15) is 4.79 Å². The smallest absolute Gasteiger partial charge is 0.145 e. The van der Waals surface area contributed by atoms with Gasteiger partial charge in [0.1, 0.15) is 6.29 Å². The molecule has 36 valence electrons. The second kappa shape index (κ2) is 4.37. The largest absolute Gasteiger partial charge is 0.412 e. The summed E-state index contributed by atoms with van der Waals surface area (Å²) in [5.74, 6) is 0. The average molecular weight is 88.1 g/mol. The molecule has 2 nitrogen and oxygen atoms in total. The van der Waals surface area contributed by atoms with Gasteiger partial charge in [-0.05, 0) is 12.5 Å². The predicted molar refractivity (Wildman–Crippen MR) is 24.5 cm³/mol. The Bertz CT molecular complexity index is 56.6. The molecule has 0 saturated heterocycles. The summed E-state index contributed by atoms with van der Waals surface area (Å²) >= 11 is 0. The van der Waals surface area contributed by atoms with E-state index in [0.717, 1.165) is 6.29 Å². The van der Waals surface area contributed by atoms with E-state index in [1.165, 1.54) is 0 Å². The Morgan fingerprint density at radius 1 is 1.83 bits per heavy atom. The zero-order valence-corrected chi connectivity index (χ0v) is 3.69. The van der Waals surface area contributed by atoms with Gasteiger partial charge in [0.2, 0.25) is 0 Å². The van der Waals surface area contributed by atoms with E-state index in [2.05, 4.69) is 6.58 Å². The van der Waals surface area contributed by atoms with Crippen molar-refractivity contribution in [2.45, 2.75) is 6.92 Å². The minimum absolute atomic E-state index is 0. The lowest BCUT2D eigenvalue weighted by atomic mass is 10.4. The fourth-order valence-corrected chi connectivity index (χ4v) is 0. The first-order valence-corrected chi connectivity index (χ1v) is 1.38. The van der Waals surface area contributed by atoms with Crippen LogP contribution in [0.25, 0.3) is 0 Å². The molecule has 0 aliphatic heterocycles. The number of carbonyl (C=O) groups excluding carboxylic acids is 1. The van der Waals surface area contributed by atoms with Crippen molar-refractivity contribution < 1.29 is 10.3 Å². The van der Waals surface area contributed by atoms with Crippen LogP contribution in [-0.4, -0.2) is 11.8 Å². The van der Waals surface area contributed by atoms with Crippen molar-refractivity contribution in [3.63, 3.8) is 0 Å². The first kappa shape index (κ1) is 9.03. The van der Waals surface area contributed by atoms with Gasteiger partial charge in [-0.2, -0.15) is 0 Å². The van der Waals surface area contributed by atoms with Crippen LogP contribution >= 0.6 is 0 Å². The second-order valence-corrected chi connectivity index (χ2v) is 0.964. The molecule has 0 rings (SSSR count). The lowest BCUT2D eigenvalue weighted by molar-refractivity contribution is -0.104. The maximum atomic E-state index is 9.41. The van der Waals surface area contributed by atoms with Crippen LogP contribution < -0.4 is 0 Å². The van der Waals surface area contributed by atoms with Gasteiger partial charge in [0.25, 0.3) is 0 Å². The van der Waals surface area contributed by atoms with Crippen molar-refractivity contribution in [1.29, 1.82) is 0 Å². The van der Waals surface area contributed by atoms with Crippen LogP contribution in [0.4, 0.5) is 0 Å². The van der Waals surface area contributed by atoms with Gasteiger partial charge >= 0.3 is 0 Å². The average Bonchev–Trinajstić information content (AvgIpc) is 1.38. The van der Waals surface area contributed by atoms with E-state index in [1.54, 1.807) is 6.92 Å². The van der Waals surface area contributed by atoms with Gasteiger partial charge in [-0.3, -0.25) is 4.79 Å². The van der Waals surface area contributed by atoms with Crippen molar-refractivity contribution in [3.05, 3.63) is 12.2 Å². The Morgan fingerprint density at radius 3 is 2.00 bits per heavy atom. The van der Waals surface area contributed by atoms with E-state index >= 15 is 0 Å². The molecule has 0 aromatic rings. The van der Waals surface area contributed by atoms with E-state index in [0.29, 0.717) is 5.57 Å². The zero-order valence-electron chi connectivity index (χ0n) is 3.69. The maximum Gasteiger partial charge on any atom is 0.145 e. The highest BCUT2D eigenvalue weighted by Gasteiger charge is 1.66. The fraction of sp³-hybridized carbons (Fsp3) is 0.250. The highest BCUT2D eigenvalue weighted by Crippen LogP contribution is 1.70. The van der Waals surface area contributed by atoms with E-state index in [4.69, 9.17) is 0 Å². The summed E-state index contributed by atoms with van der Waals surface area (Å²) in [5.41, 5.74) is 0.574. The maximum absolute atomic E-state index is 9.41. The van der Waals surface area contributed by atoms with Gasteiger partial charge in [-0.25, -0.2) is 0 Å². The van der Waals surface area contributed by atoms with E-state index in [-0.39, 0.29) is 5.48 Å². The molecule has 0 radical (unpaired) electrons. The Balaban J connectivity index is 0. The molecule has 2 heteroatoms. The number of carbonyl (C=O) groups is 1. The molecule has 6 heavy (non-hydrogen) atoms. The highest BCUT2D eigenvalue weighted by molar-refractivity contribution is 5.70. The number of allylic oxidation sites excluding steroid dienone is 1. The third-order valence-corrected chi connectivity index (χ3v) is 0.201. The summed E-state index contributed by atoms with van der Waals surface area (Å²) < 4.78 is 0. The summed E-state index contributed by atoms with van der Waals surface area (Å²) in [6.07, 6.45) is 0.722. The van der Waals surface area contributed by atoms with Crippen LogP contribution in [0.2, 0.25) is 0 Å². The monoisotopic (exact) mass is 88.1 g/mol. The van der Waals surface area contributed by atoms with Crippen LogP contribution in [-0.2, 0) is 4.79 Å². The minimum Gasteiger partial charge on any atom is -0.412 e. The van der Waals surface area contributed by atoms with Gasteiger partial charge in [-0.1, -0.05) is 6.58 Å². The van der Waals surface area contributed by atoms with Crippen molar-refractivity contribution in [2.75, 3.05) is 0 Å². The molecule has 0 aromatic heterocycles. The summed E-state index contributed by atoms with van der Waals surface area (Å²) in [6, 6.07) is 0. The number of aldehydes is 1. The van der Waals surface area contributed by atoms with Crippen molar-refractivity contribution in [1.82, 2.24) is 0 Å². The molecule has 0 unspecified atom stereocenters. The van der Waals surface area contributed by atoms with Gasteiger partial charge in [0.15, 0.2) is 0 Å². The molecule has 0 heterocycles. The van der Waals surface area contributed by atoms with Crippen LogP contribution in [0, 0.1) is 0 Å². The SMILES string of the molecule is C=C(C)C=O.O. The number of hydrogen-bond acceptors (Lipinski definition) is 1. The first-order chi connectivity index (χ1) is 2.27. The Labute approximate surface area is 36.8 Å². The molecule has 2 N–H and O–H groups in total. The van der Waals surface area contributed by atoms with E-state index < -0.39 is 0 Å². The van der Waals surface area contributed by atoms with Crippen LogP contribution in [0.3, 0.4) is 0 Å². The van der Waals surface area contributed by atoms with Gasteiger partial charge < -0.3 is 5.48 Å². The predicted octanol–water partition coefficient (Wildman–Crippen LogP) is -0.0633. The topological polar surface area (TPSA) is 48.6 Å². The van der Waals surface area contributed by atoms with Crippen molar-refractivity contribution >= 4 is 6.29 Å². The Kier molecular flexibility index (Phi) is 6.58. The third-order valence-electron chi connectivity index (χ3n) is 0.201. The molecule has 0 spiro atoms. The van der Waals surface area contributed by atoms with Crippen LogP contribution in [0.5, 0.6) is 0 Å². The summed E-state index contributed by atoms with van der Waals surface area (Å²) in [4.78, 5) is 9.41. The standard InChI is InChI=1S/C4H6O.H2O/c1-4(2)3-5;/h3H,1H2,2H3;1H2. The zero-order chi connectivity index (χ0) is 4.28. The van der Waals surface area contributed by atoms with Crippen molar-refractivity contribution in [2.24, 2.45) is 0 Å². The molecule has 0 aliphatic rings. The summed E-state index contributed by atoms with van der Waals surface area (Å²) in [7, 11) is 0. The lowest BCUT2D eigenvalue weighted by Gasteiger charge is -1.65. The number of rotatable bonds is 1. The quantitative estimate of drug-likeness (QED) is 0.327. The van der Waals surface area contributed by atoms with Gasteiger partial charge in [0, 0.05) is 0 Å². The highest BCUT2D eigenvalue weighted by atomic mass is 16.1. The minimum atomic E-state index is 0. The summed E-state index contributed by atoms with van der Waals surface area (Å²) in [5, 5.41) is 0. The van der Waals surface area contributed by atoms with E-state index in [1.807, 2.05) is 0 Å². The molecule has 0 bridgehead atoms. The first-order valence-electron chi connectivity index (χ1n) is 1.38. The molecule has 0 aromatic carbocycles. The van der Waals surface area contributed by atoms with Crippen molar-refractivity contribution in [3.8, 4) is 0 Å². The molecule has 0 aliphatic carbocycles. The van der Waals surface area contributed by atoms with Gasteiger partial charge in [0.05, 0.1) is 0 Å². The molecule has 0 saturated carbocycles. The number of hydrogen-bond donors (Lipinski definition) is 0. The Morgan fingerprint density at radius 2 is 2.00 bits per heavy atom. The molecular formula is C4H8O2. The molecule has 0 atom stereocenters. The Hall–Kier alpha value is -0.630. The summed E-state index contributed by atoms with van der Waals surface area (Å²) in [6.45, 7) is 4.97. The molecule has 0 fully saturated rings. The third kappa shape index (κ3) is 10.1. The normalized spacial score (nSPS) is 5.50. The fourth-order valence-electron chi connectivity index (χ4n) is 0. The van der Waals surface area contributed by atoms with Gasteiger partial charge in [-0.15, -0.1) is 0 Å². The van der Waals surface area contributed by atoms with Crippen LogP contribution in [0.1, 0.15) is 6.92 Å². The van der Waals surface area contributed by atoms with Crippen LogP contribution in [0.15, 0.2) is 12.2 Å². The lowest BCUT2D eigenvalue weighted by Crippen LogP contribution is -1.65.